The maximum Gasteiger partial charge on any atom is 0.303 e. The molecular formula is C19H19NO9. The Labute approximate surface area is 165 Å². The number of rotatable bonds is 4. The van der Waals surface area contributed by atoms with Crippen LogP contribution in [-0.4, -0.2) is 60.7 Å². The first-order valence-electron chi connectivity index (χ1n) is 8.81. The van der Waals surface area contributed by atoms with Crippen LogP contribution in [0.15, 0.2) is 24.3 Å². The van der Waals surface area contributed by atoms with Gasteiger partial charge in [0.15, 0.2) is 24.5 Å². The number of hydrogen-bond donors (Lipinski definition) is 0. The summed E-state index contributed by atoms with van der Waals surface area (Å²) in [5, 5.41) is 0. The standard InChI is InChI=1S/C19H19NO9/c1-9(21)27-14-8-26-19(17(29-11(3)23)16(14)28-10(2)22)20-13-7-5-4-6-12(13)15(24)18(20)25/h4-7,14,16-17,19H,8H2,1-3H3/t14-,16+,17+,19-/m0/s1. The lowest BCUT2D eigenvalue weighted by atomic mass is 10.0. The van der Waals surface area contributed by atoms with Crippen molar-refractivity contribution in [2.24, 2.45) is 0 Å². The molecule has 10 nitrogen and oxygen atoms in total. The quantitative estimate of drug-likeness (QED) is 0.397. The van der Waals surface area contributed by atoms with Crippen LogP contribution in [0, 0.1) is 0 Å². The summed E-state index contributed by atoms with van der Waals surface area (Å²) < 4.78 is 21.4. The van der Waals surface area contributed by atoms with Gasteiger partial charge >= 0.3 is 23.8 Å². The Balaban J connectivity index is 2.02. The molecule has 2 aliphatic heterocycles. The average Bonchev–Trinajstić information content (AvgIpc) is 2.88. The number of ketones is 1. The van der Waals surface area contributed by atoms with Gasteiger partial charge in [-0.25, -0.2) is 0 Å². The van der Waals surface area contributed by atoms with Crippen molar-refractivity contribution in [3.8, 4) is 0 Å². The molecule has 0 N–H and O–H groups in total. The van der Waals surface area contributed by atoms with Crippen molar-refractivity contribution in [1.82, 2.24) is 0 Å². The normalized spacial score (nSPS) is 26.0. The first-order valence-corrected chi connectivity index (χ1v) is 8.81. The number of para-hydroxylation sites is 1. The number of ether oxygens (including phenoxy) is 4. The minimum atomic E-state index is -1.34. The van der Waals surface area contributed by atoms with Gasteiger partial charge in [-0.15, -0.1) is 0 Å². The molecule has 1 saturated heterocycles. The number of hydrogen-bond acceptors (Lipinski definition) is 9. The number of esters is 3. The lowest BCUT2D eigenvalue weighted by molar-refractivity contribution is -0.225. The molecular weight excluding hydrogens is 386 g/mol. The number of amides is 1. The second-order valence-corrected chi connectivity index (χ2v) is 6.54. The highest BCUT2D eigenvalue weighted by Gasteiger charge is 2.53. The number of benzene rings is 1. The number of anilines is 1. The molecule has 4 atom stereocenters. The van der Waals surface area contributed by atoms with Crippen molar-refractivity contribution in [2.45, 2.75) is 45.3 Å². The molecule has 0 radical (unpaired) electrons. The van der Waals surface area contributed by atoms with Gasteiger partial charge in [0.2, 0.25) is 0 Å². The van der Waals surface area contributed by atoms with E-state index in [1.165, 1.54) is 6.07 Å². The van der Waals surface area contributed by atoms with Gasteiger partial charge in [0.05, 0.1) is 17.9 Å². The van der Waals surface area contributed by atoms with Crippen molar-refractivity contribution in [2.75, 3.05) is 11.5 Å². The molecule has 3 rings (SSSR count). The van der Waals surface area contributed by atoms with Crippen molar-refractivity contribution >= 4 is 35.3 Å². The first kappa shape index (κ1) is 20.5. The summed E-state index contributed by atoms with van der Waals surface area (Å²) in [6.45, 7) is 3.18. The number of carbonyl (C=O) groups is 5. The van der Waals surface area contributed by atoms with Crippen molar-refractivity contribution < 1.29 is 42.9 Å². The summed E-state index contributed by atoms with van der Waals surface area (Å²) in [7, 11) is 0. The van der Waals surface area contributed by atoms with E-state index in [4.69, 9.17) is 18.9 Å². The van der Waals surface area contributed by atoms with E-state index in [2.05, 4.69) is 0 Å². The Morgan fingerprint density at radius 2 is 1.52 bits per heavy atom. The molecule has 1 aromatic rings. The zero-order chi connectivity index (χ0) is 21.3. The van der Waals surface area contributed by atoms with Crippen LogP contribution in [0.3, 0.4) is 0 Å². The molecule has 2 aliphatic rings. The van der Waals surface area contributed by atoms with Gasteiger partial charge in [0, 0.05) is 20.8 Å². The van der Waals surface area contributed by atoms with Crippen LogP contribution in [0.1, 0.15) is 31.1 Å². The summed E-state index contributed by atoms with van der Waals surface area (Å²) in [6.07, 6.45) is -4.91. The molecule has 1 fully saturated rings. The third-order valence-electron chi connectivity index (χ3n) is 4.40. The van der Waals surface area contributed by atoms with Gasteiger partial charge in [0.25, 0.3) is 5.78 Å². The summed E-state index contributed by atoms with van der Waals surface area (Å²) in [6, 6.07) is 6.28. The third-order valence-corrected chi connectivity index (χ3v) is 4.40. The lowest BCUT2D eigenvalue weighted by Crippen LogP contribution is -2.63. The third kappa shape index (κ3) is 3.97. The van der Waals surface area contributed by atoms with Crippen LogP contribution in [0.4, 0.5) is 5.69 Å². The van der Waals surface area contributed by atoms with E-state index >= 15 is 0 Å². The number of fused-ring (bicyclic) bond motifs is 1. The van der Waals surface area contributed by atoms with Gasteiger partial charge in [0.1, 0.15) is 0 Å². The Bertz CT molecular complexity index is 880. The molecule has 154 valence electrons. The van der Waals surface area contributed by atoms with E-state index in [-0.39, 0.29) is 17.9 Å². The van der Waals surface area contributed by atoms with Gasteiger partial charge in [-0.3, -0.25) is 28.9 Å². The molecule has 1 amide bonds. The minimum Gasteiger partial charge on any atom is -0.456 e. The fraction of sp³-hybridized carbons (Fsp3) is 0.421. The maximum absolute atomic E-state index is 12.6. The van der Waals surface area contributed by atoms with E-state index < -0.39 is 54.1 Å². The van der Waals surface area contributed by atoms with Crippen LogP contribution >= 0.6 is 0 Å². The van der Waals surface area contributed by atoms with E-state index in [0.29, 0.717) is 0 Å². The van der Waals surface area contributed by atoms with E-state index in [1.54, 1.807) is 18.2 Å². The predicted molar refractivity (Wildman–Crippen MR) is 94.7 cm³/mol. The molecule has 2 heterocycles. The summed E-state index contributed by atoms with van der Waals surface area (Å²) in [4.78, 5) is 60.8. The zero-order valence-electron chi connectivity index (χ0n) is 15.9. The molecule has 10 heteroatoms. The molecule has 0 aliphatic carbocycles. The highest BCUT2D eigenvalue weighted by Crippen LogP contribution is 2.35. The number of Topliss-reactive ketones (excluding diaryl/α,β-unsaturated/α-hetero) is 1. The Morgan fingerprint density at radius 3 is 2.14 bits per heavy atom. The van der Waals surface area contributed by atoms with Crippen LogP contribution in [0.25, 0.3) is 0 Å². The van der Waals surface area contributed by atoms with E-state index in [1.807, 2.05) is 0 Å². The highest BCUT2D eigenvalue weighted by atomic mass is 16.6. The summed E-state index contributed by atoms with van der Waals surface area (Å²) >= 11 is 0. The van der Waals surface area contributed by atoms with Gasteiger partial charge in [-0.05, 0) is 12.1 Å². The largest absolute Gasteiger partial charge is 0.456 e. The van der Waals surface area contributed by atoms with Crippen LogP contribution < -0.4 is 4.90 Å². The van der Waals surface area contributed by atoms with Crippen molar-refractivity contribution in [3.63, 3.8) is 0 Å². The minimum absolute atomic E-state index is 0.175. The molecule has 0 saturated carbocycles. The SMILES string of the molecule is CC(=O)O[C@@H]1[C@H](OC(C)=O)[C@@H](OC(C)=O)CO[C@@H]1N1C(=O)C(=O)c2ccccc21. The molecule has 0 bridgehead atoms. The van der Waals surface area contributed by atoms with Crippen LogP contribution in [0.5, 0.6) is 0 Å². The van der Waals surface area contributed by atoms with E-state index in [0.717, 1.165) is 25.7 Å². The maximum atomic E-state index is 12.6. The second-order valence-electron chi connectivity index (χ2n) is 6.54. The monoisotopic (exact) mass is 405 g/mol. The Kier molecular flexibility index (Phi) is 5.64. The topological polar surface area (TPSA) is 126 Å². The summed E-state index contributed by atoms with van der Waals surface area (Å²) in [5.74, 6) is -3.73. The lowest BCUT2D eigenvalue weighted by Gasteiger charge is -2.43. The molecule has 0 unspecified atom stereocenters. The Hall–Kier alpha value is -3.27. The number of carbonyl (C=O) groups excluding carboxylic acids is 5. The molecule has 0 aromatic heterocycles. The smallest absolute Gasteiger partial charge is 0.303 e. The average molecular weight is 405 g/mol. The fourth-order valence-electron chi connectivity index (χ4n) is 3.41. The molecule has 1 aromatic carbocycles. The predicted octanol–water partition coefficient (Wildman–Crippen LogP) is 0.367. The van der Waals surface area contributed by atoms with Crippen LogP contribution in [-0.2, 0) is 38.1 Å². The van der Waals surface area contributed by atoms with Crippen LogP contribution in [0.2, 0.25) is 0 Å². The van der Waals surface area contributed by atoms with Gasteiger partial charge < -0.3 is 18.9 Å². The van der Waals surface area contributed by atoms with Gasteiger partial charge in [-0.2, -0.15) is 0 Å². The highest BCUT2D eigenvalue weighted by molar-refractivity contribution is 6.52. The molecule has 0 spiro atoms. The van der Waals surface area contributed by atoms with Gasteiger partial charge in [-0.1, -0.05) is 12.1 Å². The van der Waals surface area contributed by atoms with Crippen molar-refractivity contribution in [1.29, 1.82) is 0 Å². The second kappa shape index (κ2) is 8.00. The first-order chi connectivity index (χ1) is 13.7. The Morgan fingerprint density at radius 1 is 0.931 bits per heavy atom. The number of nitrogens with zero attached hydrogens (tertiary/aromatic N) is 1. The summed E-state index contributed by atoms with van der Waals surface area (Å²) in [5.41, 5.74) is 0.450. The fourth-order valence-corrected chi connectivity index (χ4v) is 3.41. The van der Waals surface area contributed by atoms with E-state index in [9.17, 15) is 24.0 Å². The van der Waals surface area contributed by atoms with Crippen molar-refractivity contribution in [3.05, 3.63) is 29.8 Å². The molecule has 29 heavy (non-hydrogen) atoms. The zero-order valence-corrected chi connectivity index (χ0v) is 15.9.